The van der Waals surface area contributed by atoms with Crippen molar-refractivity contribution in [1.82, 2.24) is 29.4 Å². The molecule has 0 radical (unpaired) electrons. The highest BCUT2D eigenvalue weighted by Crippen LogP contribution is 2.50. The summed E-state index contributed by atoms with van der Waals surface area (Å²) in [5.74, 6) is 2.43. The molecule has 6 aromatic rings. The maximum absolute atomic E-state index is 6.51. The van der Waals surface area contributed by atoms with Crippen LogP contribution >= 0.6 is 11.6 Å². The Balaban J connectivity index is 1.51. The predicted octanol–water partition coefficient (Wildman–Crippen LogP) is 6.24. The zero-order valence-electron chi connectivity index (χ0n) is 21.9. The zero-order valence-corrected chi connectivity index (χ0v) is 22.6. The Hall–Kier alpha value is -4.89. The highest BCUT2D eigenvalue weighted by molar-refractivity contribution is 6.33. The number of halogens is 1. The van der Waals surface area contributed by atoms with E-state index in [0.29, 0.717) is 39.8 Å². The lowest BCUT2D eigenvalue weighted by atomic mass is 9.84. The van der Waals surface area contributed by atoms with Crippen LogP contribution in [0.5, 0.6) is 23.3 Å². The number of benzene rings is 3. The van der Waals surface area contributed by atoms with Crippen LogP contribution in [0.3, 0.4) is 0 Å². The van der Waals surface area contributed by atoms with Crippen molar-refractivity contribution in [3.05, 3.63) is 107 Å². The number of aryl methyl sites for hydroxylation is 1. The molecular weight excluding hydrogens is 528 g/mol. The van der Waals surface area contributed by atoms with Gasteiger partial charge in [0, 0.05) is 5.56 Å². The Morgan fingerprint density at radius 3 is 2.42 bits per heavy atom. The highest BCUT2D eigenvalue weighted by Gasteiger charge is 2.38. The molecule has 7 rings (SSSR count). The monoisotopic (exact) mass is 550 g/mol. The Labute approximate surface area is 234 Å². The predicted molar refractivity (Wildman–Crippen MR) is 150 cm³/mol. The molecule has 198 valence electrons. The summed E-state index contributed by atoms with van der Waals surface area (Å²) >= 11 is 6.50. The minimum atomic E-state index is -0.337. The molecule has 10 heteroatoms. The average Bonchev–Trinajstić information content (AvgIpc) is 3.57. The van der Waals surface area contributed by atoms with Gasteiger partial charge in [0.05, 0.1) is 47.7 Å². The Morgan fingerprint density at radius 2 is 1.65 bits per heavy atom. The van der Waals surface area contributed by atoms with Crippen LogP contribution in [0.2, 0.25) is 5.02 Å². The van der Waals surface area contributed by atoms with Gasteiger partial charge >= 0.3 is 0 Å². The second-order valence-corrected chi connectivity index (χ2v) is 9.76. The van der Waals surface area contributed by atoms with E-state index < -0.39 is 0 Å². The van der Waals surface area contributed by atoms with Gasteiger partial charge in [-0.15, -0.1) is 5.10 Å². The summed E-state index contributed by atoms with van der Waals surface area (Å²) in [6.07, 6.45) is 1.61. The topological polar surface area (TPSA) is 88.6 Å². The number of hydrogen-bond donors (Lipinski definition) is 0. The maximum Gasteiger partial charge on any atom is 0.230 e. The molecule has 0 saturated heterocycles. The van der Waals surface area contributed by atoms with Gasteiger partial charge in [-0.1, -0.05) is 48.0 Å². The molecule has 0 saturated carbocycles. The summed E-state index contributed by atoms with van der Waals surface area (Å²) in [4.78, 5) is 9.62. The SMILES string of the molecule is COc1ccc([C@H]2c3c(C)nn(-c4ccccc4)c3Oc3ncn4nc(-c5ccccc5Cl)nc4c32)cc1OC. The summed E-state index contributed by atoms with van der Waals surface area (Å²) in [5, 5.41) is 10.2. The zero-order chi connectivity index (χ0) is 27.4. The second-order valence-electron chi connectivity index (χ2n) is 9.35. The molecule has 9 nitrogen and oxygen atoms in total. The summed E-state index contributed by atoms with van der Waals surface area (Å²) in [5.41, 5.74) is 5.65. The van der Waals surface area contributed by atoms with E-state index in [4.69, 9.17) is 41.0 Å². The van der Waals surface area contributed by atoms with Crippen molar-refractivity contribution < 1.29 is 14.2 Å². The molecule has 0 amide bonds. The van der Waals surface area contributed by atoms with Gasteiger partial charge in [-0.25, -0.2) is 19.2 Å². The van der Waals surface area contributed by atoms with E-state index in [-0.39, 0.29) is 5.92 Å². The third kappa shape index (κ3) is 3.70. The van der Waals surface area contributed by atoms with Crippen molar-refractivity contribution in [3.8, 4) is 40.3 Å². The molecule has 0 N–H and O–H groups in total. The van der Waals surface area contributed by atoms with E-state index in [9.17, 15) is 0 Å². The lowest BCUT2D eigenvalue weighted by molar-refractivity contribution is 0.354. The Bertz CT molecular complexity index is 1900. The number of fused-ring (bicyclic) bond motifs is 4. The number of aromatic nitrogens is 6. The fourth-order valence-electron chi connectivity index (χ4n) is 5.24. The molecule has 1 atom stereocenters. The quantitative estimate of drug-likeness (QED) is 0.250. The molecule has 0 spiro atoms. The first-order valence-corrected chi connectivity index (χ1v) is 13.0. The number of para-hydroxylation sites is 1. The van der Waals surface area contributed by atoms with Crippen LogP contribution in [0, 0.1) is 6.92 Å². The maximum atomic E-state index is 6.51. The average molecular weight is 551 g/mol. The van der Waals surface area contributed by atoms with Crippen molar-refractivity contribution in [2.24, 2.45) is 0 Å². The third-order valence-electron chi connectivity index (χ3n) is 7.08. The van der Waals surface area contributed by atoms with Gasteiger partial charge < -0.3 is 14.2 Å². The van der Waals surface area contributed by atoms with Gasteiger partial charge in [0.25, 0.3) is 0 Å². The van der Waals surface area contributed by atoms with Crippen LogP contribution in [-0.2, 0) is 0 Å². The highest BCUT2D eigenvalue weighted by atomic mass is 35.5. The van der Waals surface area contributed by atoms with Crippen LogP contribution in [0.4, 0.5) is 0 Å². The lowest BCUT2D eigenvalue weighted by Crippen LogP contribution is -2.16. The van der Waals surface area contributed by atoms with Crippen molar-refractivity contribution >= 4 is 17.2 Å². The van der Waals surface area contributed by atoms with E-state index in [1.165, 1.54) is 0 Å². The molecule has 0 fully saturated rings. The molecule has 1 aliphatic heterocycles. The van der Waals surface area contributed by atoms with Gasteiger partial charge in [0.2, 0.25) is 11.8 Å². The number of ether oxygens (including phenoxy) is 3. The van der Waals surface area contributed by atoms with E-state index in [0.717, 1.165) is 33.6 Å². The second kappa shape index (κ2) is 9.39. The third-order valence-corrected chi connectivity index (χ3v) is 7.41. The van der Waals surface area contributed by atoms with Gasteiger partial charge in [-0.2, -0.15) is 5.10 Å². The molecule has 1 aliphatic rings. The van der Waals surface area contributed by atoms with Gasteiger partial charge in [0.1, 0.15) is 6.33 Å². The molecule has 40 heavy (non-hydrogen) atoms. The molecule has 0 bridgehead atoms. The van der Waals surface area contributed by atoms with Crippen LogP contribution in [0.15, 0.2) is 79.1 Å². The van der Waals surface area contributed by atoms with Gasteiger partial charge in [-0.3, -0.25) is 0 Å². The molecule has 3 aromatic heterocycles. The van der Waals surface area contributed by atoms with E-state index >= 15 is 0 Å². The van der Waals surface area contributed by atoms with Crippen molar-refractivity contribution in [3.63, 3.8) is 0 Å². The normalized spacial score (nSPS) is 13.9. The first kappa shape index (κ1) is 24.2. The number of methoxy groups -OCH3 is 2. The van der Waals surface area contributed by atoms with Crippen molar-refractivity contribution in [2.75, 3.05) is 14.2 Å². The standard InChI is InChI=1S/C30H23ClN6O3/c1-17-24-25(18-13-14-22(38-2)23(15-18)39-3)26-28-33-27(20-11-7-8-12-21(20)31)35-36(28)16-32-29(26)40-30(24)37(34-17)19-9-5-4-6-10-19/h4-16,25H,1-3H3/t25-/m0/s1. The van der Waals surface area contributed by atoms with Crippen LogP contribution in [0.25, 0.3) is 22.7 Å². The smallest absolute Gasteiger partial charge is 0.230 e. The minimum Gasteiger partial charge on any atom is -0.493 e. The van der Waals surface area contributed by atoms with E-state index in [2.05, 4.69) is 4.98 Å². The Kier molecular flexibility index (Phi) is 5.67. The molecule has 4 heterocycles. The summed E-state index contributed by atoms with van der Waals surface area (Å²) in [6, 6.07) is 23.3. The van der Waals surface area contributed by atoms with Gasteiger partial charge in [-0.05, 0) is 48.9 Å². The van der Waals surface area contributed by atoms with Crippen molar-refractivity contribution in [1.29, 1.82) is 0 Å². The van der Waals surface area contributed by atoms with Crippen LogP contribution in [-0.4, -0.2) is 43.6 Å². The van der Waals surface area contributed by atoms with E-state index in [1.807, 2.05) is 84.4 Å². The molecular formula is C30H23ClN6O3. The van der Waals surface area contributed by atoms with Crippen LogP contribution in [0.1, 0.15) is 28.3 Å². The molecule has 3 aromatic carbocycles. The minimum absolute atomic E-state index is 0.337. The summed E-state index contributed by atoms with van der Waals surface area (Å²) in [6.45, 7) is 1.98. The number of rotatable bonds is 5. The fourth-order valence-corrected chi connectivity index (χ4v) is 5.47. The summed E-state index contributed by atoms with van der Waals surface area (Å²) < 4.78 is 21.2. The number of hydrogen-bond acceptors (Lipinski definition) is 7. The summed E-state index contributed by atoms with van der Waals surface area (Å²) in [7, 11) is 3.24. The van der Waals surface area contributed by atoms with Crippen LogP contribution < -0.4 is 14.2 Å². The first-order valence-electron chi connectivity index (χ1n) is 12.6. The largest absolute Gasteiger partial charge is 0.493 e. The van der Waals surface area contributed by atoms with Crippen molar-refractivity contribution in [2.45, 2.75) is 12.8 Å². The molecule has 0 aliphatic carbocycles. The fraction of sp³-hybridized carbons (Fsp3) is 0.133. The lowest BCUT2D eigenvalue weighted by Gasteiger charge is -2.26. The number of nitrogens with zero attached hydrogens (tertiary/aromatic N) is 6. The van der Waals surface area contributed by atoms with Gasteiger partial charge in [0.15, 0.2) is 23.0 Å². The molecule has 0 unspecified atom stereocenters. The van der Waals surface area contributed by atoms with E-state index in [1.54, 1.807) is 25.1 Å². The Morgan fingerprint density at radius 1 is 0.875 bits per heavy atom. The first-order chi connectivity index (χ1) is 19.6.